The number of benzene rings is 1. The highest BCUT2D eigenvalue weighted by molar-refractivity contribution is 5.69. The van der Waals surface area contributed by atoms with Crippen LogP contribution >= 0.6 is 0 Å². The lowest BCUT2D eigenvalue weighted by Crippen LogP contribution is -2.42. The number of hydrogen-bond acceptors (Lipinski definition) is 2. The Kier molecular flexibility index (Phi) is 2.86. The summed E-state index contributed by atoms with van der Waals surface area (Å²) in [5, 5.41) is 0. The summed E-state index contributed by atoms with van der Waals surface area (Å²) in [4.78, 5) is 13.3. The van der Waals surface area contributed by atoms with Gasteiger partial charge in [0.05, 0.1) is 0 Å². The van der Waals surface area contributed by atoms with E-state index in [-0.39, 0.29) is 18.2 Å². The third-order valence-corrected chi connectivity index (χ3v) is 3.28. The number of carbonyl (C=O) groups is 1. The molecule has 1 aromatic carbocycles. The van der Waals surface area contributed by atoms with Crippen LogP contribution in [0.4, 0.5) is 4.79 Å². The molecule has 3 nitrogen and oxygen atoms in total. The van der Waals surface area contributed by atoms with Gasteiger partial charge in [-0.2, -0.15) is 0 Å². The van der Waals surface area contributed by atoms with Crippen LogP contribution in [-0.2, 0) is 4.74 Å². The molecular weight excluding hydrogens is 202 g/mol. The van der Waals surface area contributed by atoms with Gasteiger partial charge in [0, 0.05) is 19.5 Å². The zero-order valence-electron chi connectivity index (χ0n) is 9.93. The second-order valence-corrected chi connectivity index (χ2v) is 4.42. The minimum absolute atomic E-state index is 0.0973. The first-order valence-corrected chi connectivity index (χ1v) is 5.58. The molecule has 2 rings (SSSR count). The molecule has 0 unspecified atom stereocenters. The van der Waals surface area contributed by atoms with Crippen LogP contribution in [-0.4, -0.2) is 24.1 Å². The average Bonchev–Trinajstić information content (AvgIpc) is 2.26. The van der Waals surface area contributed by atoms with E-state index >= 15 is 0 Å². The Morgan fingerprint density at radius 1 is 1.38 bits per heavy atom. The normalized spacial score (nSPS) is 25.4. The zero-order valence-corrected chi connectivity index (χ0v) is 9.93. The van der Waals surface area contributed by atoms with Gasteiger partial charge in [0.2, 0.25) is 0 Å². The quantitative estimate of drug-likeness (QED) is 0.726. The summed E-state index contributed by atoms with van der Waals surface area (Å²) in [6.07, 6.45) is 0.527. The fourth-order valence-electron chi connectivity index (χ4n) is 2.04. The first-order chi connectivity index (χ1) is 7.59. The Morgan fingerprint density at radius 3 is 2.69 bits per heavy atom. The summed E-state index contributed by atoms with van der Waals surface area (Å²) in [7, 11) is 1.78. The third kappa shape index (κ3) is 1.90. The third-order valence-electron chi connectivity index (χ3n) is 3.28. The molecule has 0 saturated carbocycles. The van der Waals surface area contributed by atoms with Crippen molar-refractivity contribution in [3.8, 4) is 0 Å². The highest BCUT2D eigenvalue weighted by Gasteiger charge is 2.31. The maximum absolute atomic E-state index is 11.6. The topological polar surface area (TPSA) is 29.5 Å². The van der Waals surface area contributed by atoms with Crippen molar-refractivity contribution in [3.63, 3.8) is 0 Å². The molecule has 1 aromatic rings. The molecule has 1 heterocycles. The monoisotopic (exact) mass is 219 g/mol. The number of carbonyl (C=O) groups excluding carboxylic acids is 1. The smallest absolute Gasteiger partial charge is 0.410 e. The highest BCUT2D eigenvalue weighted by atomic mass is 16.6. The largest absolute Gasteiger partial charge is 0.441 e. The number of cyclic esters (lactones) is 1. The van der Waals surface area contributed by atoms with Crippen molar-refractivity contribution in [1.29, 1.82) is 0 Å². The van der Waals surface area contributed by atoms with Crippen molar-refractivity contribution in [2.45, 2.75) is 32.4 Å². The Labute approximate surface area is 96.0 Å². The van der Waals surface area contributed by atoms with Crippen molar-refractivity contribution in [2.75, 3.05) is 7.05 Å². The number of aryl methyl sites for hydroxylation is 1. The zero-order chi connectivity index (χ0) is 11.7. The average molecular weight is 219 g/mol. The van der Waals surface area contributed by atoms with Crippen LogP contribution in [0.25, 0.3) is 0 Å². The Bertz CT molecular complexity index is 403. The molecule has 0 bridgehead atoms. The molecule has 16 heavy (non-hydrogen) atoms. The van der Waals surface area contributed by atoms with Crippen LogP contribution in [0.3, 0.4) is 0 Å². The summed E-state index contributed by atoms with van der Waals surface area (Å²) in [6, 6.07) is 8.29. The maximum atomic E-state index is 11.6. The van der Waals surface area contributed by atoms with E-state index in [0.29, 0.717) is 0 Å². The van der Waals surface area contributed by atoms with E-state index in [2.05, 4.69) is 0 Å². The van der Waals surface area contributed by atoms with Gasteiger partial charge in [-0.05, 0) is 25.0 Å². The molecular formula is C13H17NO2. The van der Waals surface area contributed by atoms with E-state index in [0.717, 1.165) is 12.0 Å². The summed E-state index contributed by atoms with van der Waals surface area (Å²) < 4.78 is 5.42. The molecule has 0 aliphatic carbocycles. The van der Waals surface area contributed by atoms with E-state index in [1.165, 1.54) is 5.56 Å². The first kappa shape index (κ1) is 11.0. The summed E-state index contributed by atoms with van der Waals surface area (Å²) >= 11 is 0. The standard InChI is InChI=1S/C13H17NO2/c1-9-6-4-5-7-11(9)12-8-10(2)14(3)13(15)16-12/h4-7,10,12H,8H2,1-3H3/t10-,12-/m0/s1. The van der Waals surface area contributed by atoms with Crippen molar-refractivity contribution < 1.29 is 9.53 Å². The minimum atomic E-state index is -0.230. The molecule has 1 amide bonds. The fraction of sp³-hybridized carbons (Fsp3) is 0.462. The predicted molar refractivity (Wildman–Crippen MR) is 62.2 cm³/mol. The lowest BCUT2D eigenvalue weighted by molar-refractivity contribution is 0.0110. The van der Waals surface area contributed by atoms with Gasteiger partial charge in [-0.3, -0.25) is 0 Å². The van der Waals surface area contributed by atoms with E-state index in [1.54, 1.807) is 11.9 Å². The number of rotatable bonds is 1. The molecule has 1 aliphatic rings. The molecule has 0 aromatic heterocycles. The van der Waals surface area contributed by atoms with Gasteiger partial charge in [0.1, 0.15) is 6.10 Å². The van der Waals surface area contributed by atoms with E-state index < -0.39 is 0 Å². The molecule has 0 spiro atoms. The van der Waals surface area contributed by atoms with Gasteiger partial charge in [-0.1, -0.05) is 24.3 Å². The van der Waals surface area contributed by atoms with Crippen molar-refractivity contribution in [2.24, 2.45) is 0 Å². The molecule has 1 fully saturated rings. The summed E-state index contributed by atoms with van der Waals surface area (Å²) in [5.74, 6) is 0. The van der Waals surface area contributed by atoms with E-state index in [1.807, 2.05) is 38.1 Å². The van der Waals surface area contributed by atoms with Crippen molar-refractivity contribution in [3.05, 3.63) is 35.4 Å². The van der Waals surface area contributed by atoms with Crippen molar-refractivity contribution in [1.82, 2.24) is 4.90 Å². The number of hydrogen-bond donors (Lipinski definition) is 0. The van der Waals surface area contributed by atoms with Crippen LogP contribution in [0.1, 0.15) is 30.6 Å². The fourth-order valence-corrected chi connectivity index (χ4v) is 2.04. The maximum Gasteiger partial charge on any atom is 0.410 e. The second-order valence-electron chi connectivity index (χ2n) is 4.42. The molecule has 3 heteroatoms. The number of amides is 1. The van der Waals surface area contributed by atoms with Crippen LogP contribution in [0.2, 0.25) is 0 Å². The van der Waals surface area contributed by atoms with Gasteiger partial charge in [-0.25, -0.2) is 4.79 Å². The van der Waals surface area contributed by atoms with E-state index in [4.69, 9.17) is 4.74 Å². The van der Waals surface area contributed by atoms with Gasteiger partial charge >= 0.3 is 6.09 Å². The van der Waals surface area contributed by atoms with E-state index in [9.17, 15) is 4.79 Å². The molecule has 0 radical (unpaired) electrons. The molecule has 1 aliphatic heterocycles. The molecule has 0 N–H and O–H groups in total. The minimum Gasteiger partial charge on any atom is -0.441 e. The highest BCUT2D eigenvalue weighted by Crippen LogP contribution is 2.31. The molecule has 86 valence electrons. The Balaban J connectivity index is 2.24. The number of ether oxygens (including phenoxy) is 1. The van der Waals surface area contributed by atoms with Crippen LogP contribution in [0.15, 0.2) is 24.3 Å². The van der Waals surface area contributed by atoms with Crippen LogP contribution in [0, 0.1) is 6.92 Å². The van der Waals surface area contributed by atoms with Crippen LogP contribution in [0.5, 0.6) is 0 Å². The predicted octanol–water partition coefficient (Wildman–Crippen LogP) is 2.90. The number of nitrogens with zero attached hydrogens (tertiary/aromatic N) is 1. The first-order valence-electron chi connectivity index (χ1n) is 5.58. The lowest BCUT2D eigenvalue weighted by Gasteiger charge is -2.35. The SMILES string of the molecule is Cc1ccccc1[C@@H]1C[C@H](C)N(C)C(=O)O1. The lowest BCUT2D eigenvalue weighted by atomic mass is 9.97. The van der Waals surface area contributed by atoms with Gasteiger partial charge < -0.3 is 9.64 Å². The summed E-state index contributed by atoms with van der Waals surface area (Å²) in [5.41, 5.74) is 2.30. The van der Waals surface area contributed by atoms with Gasteiger partial charge in [0.25, 0.3) is 0 Å². The second kappa shape index (κ2) is 4.16. The van der Waals surface area contributed by atoms with Gasteiger partial charge in [0.15, 0.2) is 0 Å². The van der Waals surface area contributed by atoms with Crippen molar-refractivity contribution >= 4 is 6.09 Å². The summed E-state index contributed by atoms with van der Waals surface area (Å²) in [6.45, 7) is 4.10. The molecule has 2 atom stereocenters. The van der Waals surface area contributed by atoms with Crippen LogP contribution < -0.4 is 0 Å². The molecule has 1 saturated heterocycles. The Hall–Kier alpha value is -1.51. The Morgan fingerprint density at radius 2 is 2.06 bits per heavy atom. The van der Waals surface area contributed by atoms with Gasteiger partial charge in [-0.15, -0.1) is 0 Å².